The summed E-state index contributed by atoms with van der Waals surface area (Å²) in [5.41, 5.74) is 4.17. The molecular formula is C27H27NO5. The third kappa shape index (κ3) is 6.07. The summed E-state index contributed by atoms with van der Waals surface area (Å²) in [5.74, 6) is 1.92. The SMILES string of the molecule is COC(=O)Cc1c[nH]c2ccc(OCCOc3cccc(OCc4ccc(C)cc4)c3)cc12. The van der Waals surface area contributed by atoms with Gasteiger partial charge >= 0.3 is 5.97 Å². The molecule has 6 nitrogen and oxygen atoms in total. The van der Waals surface area contributed by atoms with E-state index in [9.17, 15) is 4.79 Å². The Morgan fingerprint density at radius 1 is 0.848 bits per heavy atom. The van der Waals surface area contributed by atoms with Gasteiger partial charge in [0.25, 0.3) is 0 Å². The molecule has 33 heavy (non-hydrogen) atoms. The monoisotopic (exact) mass is 445 g/mol. The van der Waals surface area contributed by atoms with Crippen molar-refractivity contribution in [1.29, 1.82) is 0 Å². The quantitative estimate of drug-likeness (QED) is 0.267. The predicted octanol–water partition coefficient (Wildman–Crippen LogP) is 5.23. The number of ether oxygens (including phenoxy) is 4. The smallest absolute Gasteiger partial charge is 0.310 e. The molecule has 1 aromatic heterocycles. The summed E-state index contributed by atoms with van der Waals surface area (Å²) in [6.45, 7) is 3.35. The van der Waals surface area contributed by atoms with Crippen LogP contribution in [0.25, 0.3) is 10.9 Å². The van der Waals surface area contributed by atoms with Gasteiger partial charge in [0.15, 0.2) is 0 Å². The first kappa shape index (κ1) is 22.3. The first-order valence-corrected chi connectivity index (χ1v) is 10.8. The Labute approximate surface area is 193 Å². The molecule has 0 bridgehead atoms. The van der Waals surface area contributed by atoms with E-state index in [1.165, 1.54) is 12.7 Å². The fourth-order valence-electron chi connectivity index (χ4n) is 3.45. The van der Waals surface area contributed by atoms with Crippen LogP contribution in [0.2, 0.25) is 0 Å². The van der Waals surface area contributed by atoms with Crippen LogP contribution in [0.4, 0.5) is 0 Å². The summed E-state index contributed by atoms with van der Waals surface area (Å²) in [6, 6.07) is 21.6. The number of benzene rings is 3. The first-order valence-electron chi connectivity index (χ1n) is 10.8. The highest BCUT2D eigenvalue weighted by Gasteiger charge is 2.10. The molecule has 0 aliphatic heterocycles. The van der Waals surface area contributed by atoms with Crippen molar-refractivity contribution in [3.8, 4) is 17.2 Å². The number of hydrogen-bond acceptors (Lipinski definition) is 5. The normalized spacial score (nSPS) is 10.7. The lowest BCUT2D eigenvalue weighted by Gasteiger charge is -2.11. The second kappa shape index (κ2) is 10.6. The van der Waals surface area contributed by atoms with E-state index >= 15 is 0 Å². The highest BCUT2D eigenvalue weighted by atomic mass is 16.5. The van der Waals surface area contributed by atoms with E-state index in [0.717, 1.165) is 33.5 Å². The van der Waals surface area contributed by atoms with Gasteiger partial charge in [-0.15, -0.1) is 0 Å². The number of aromatic nitrogens is 1. The number of esters is 1. The highest BCUT2D eigenvalue weighted by Crippen LogP contribution is 2.25. The van der Waals surface area contributed by atoms with Gasteiger partial charge in [0.2, 0.25) is 0 Å². The Bertz CT molecular complexity index is 1210. The van der Waals surface area contributed by atoms with E-state index in [4.69, 9.17) is 18.9 Å². The molecule has 4 rings (SSSR count). The maximum Gasteiger partial charge on any atom is 0.310 e. The van der Waals surface area contributed by atoms with Crippen molar-refractivity contribution in [2.45, 2.75) is 20.0 Å². The zero-order chi connectivity index (χ0) is 23.0. The predicted molar refractivity (Wildman–Crippen MR) is 127 cm³/mol. The van der Waals surface area contributed by atoms with E-state index in [2.05, 4.69) is 36.2 Å². The molecule has 1 N–H and O–H groups in total. The summed E-state index contributed by atoms with van der Waals surface area (Å²) in [6.07, 6.45) is 2.04. The highest BCUT2D eigenvalue weighted by molar-refractivity contribution is 5.88. The molecule has 0 fully saturated rings. The minimum atomic E-state index is -0.277. The Balaban J connectivity index is 1.27. The second-order valence-electron chi connectivity index (χ2n) is 7.72. The van der Waals surface area contributed by atoms with E-state index in [-0.39, 0.29) is 12.4 Å². The summed E-state index contributed by atoms with van der Waals surface area (Å²) >= 11 is 0. The number of carbonyl (C=O) groups excluding carboxylic acids is 1. The topological polar surface area (TPSA) is 69.8 Å². The van der Waals surface area contributed by atoms with Gasteiger partial charge in [-0.1, -0.05) is 35.9 Å². The largest absolute Gasteiger partial charge is 0.490 e. The zero-order valence-corrected chi connectivity index (χ0v) is 18.8. The number of methoxy groups -OCH3 is 1. The molecule has 3 aromatic carbocycles. The molecule has 0 saturated carbocycles. The number of aromatic amines is 1. The van der Waals surface area contributed by atoms with Gasteiger partial charge in [-0.3, -0.25) is 4.79 Å². The maximum absolute atomic E-state index is 11.6. The lowest BCUT2D eigenvalue weighted by molar-refractivity contribution is -0.139. The van der Waals surface area contributed by atoms with Crippen LogP contribution < -0.4 is 14.2 Å². The molecule has 0 radical (unpaired) electrons. The average molecular weight is 446 g/mol. The van der Waals surface area contributed by atoms with Crippen molar-refractivity contribution in [2.24, 2.45) is 0 Å². The third-order valence-corrected chi connectivity index (χ3v) is 5.25. The summed E-state index contributed by atoms with van der Waals surface area (Å²) in [5, 5.41) is 0.942. The van der Waals surface area contributed by atoms with Crippen LogP contribution >= 0.6 is 0 Å². The first-order chi connectivity index (χ1) is 16.1. The molecular weight excluding hydrogens is 418 g/mol. The maximum atomic E-state index is 11.6. The van der Waals surface area contributed by atoms with Gasteiger partial charge in [0.05, 0.1) is 13.5 Å². The number of fused-ring (bicyclic) bond motifs is 1. The fourth-order valence-corrected chi connectivity index (χ4v) is 3.45. The van der Waals surface area contributed by atoms with E-state index in [0.29, 0.717) is 25.6 Å². The number of aryl methyl sites for hydroxylation is 1. The van der Waals surface area contributed by atoms with Crippen LogP contribution in [0.3, 0.4) is 0 Å². The van der Waals surface area contributed by atoms with Gasteiger partial charge < -0.3 is 23.9 Å². The van der Waals surface area contributed by atoms with Gasteiger partial charge in [0.1, 0.15) is 37.1 Å². The van der Waals surface area contributed by atoms with Crippen LogP contribution in [0, 0.1) is 6.92 Å². The minimum absolute atomic E-state index is 0.214. The molecule has 4 aromatic rings. The molecule has 0 aliphatic rings. The van der Waals surface area contributed by atoms with E-state index < -0.39 is 0 Å². The van der Waals surface area contributed by atoms with Gasteiger partial charge in [-0.2, -0.15) is 0 Å². The number of nitrogens with one attached hydrogen (secondary N) is 1. The second-order valence-corrected chi connectivity index (χ2v) is 7.72. The van der Waals surface area contributed by atoms with Crippen LogP contribution in [-0.2, 0) is 22.6 Å². The van der Waals surface area contributed by atoms with Gasteiger partial charge in [-0.05, 0) is 48.4 Å². The molecule has 0 atom stereocenters. The van der Waals surface area contributed by atoms with Gasteiger partial charge in [0, 0.05) is 23.2 Å². The molecule has 0 saturated heterocycles. The number of rotatable bonds is 10. The molecule has 170 valence electrons. The molecule has 0 aliphatic carbocycles. The van der Waals surface area contributed by atoms with Crippen molar-refractivity contribution in [1.82, 2.24) is 4.98 Å². The Morgan fingerprint density at radius 3 is 2.27 bits per heavy atom. The number of hydrogen-bond donors (Lipinski definition) is 1. The minimum Gasteiger partial charge on any atom is -0.490 e. The number of carbonyl (C=O) groups is 1. The molecule has 0 spiro atoms. The van der Waals surface area contributed by atoms with Crippen molar-refractivity contribution >= 4 is 16.9 Å². The van der Waals surface area contributed by atoms with Crippen LogP contribution in [-0.4, -0.2) is 31.3 Å². The lowest BCUT2D eigenvalue weighted by atomic mass is 10.1. The Hall–Kier alpha value is -3.93. The zero-order valence-electron chi connectivity index (χ0n) is 18.8. The van der Waals surface area contributed by atoms with Crippen molar-refractivity contribution in [3.05, 3.63) is 89.6 Å². The molecule has 0 unspecified atom stereocenters. The molecule has 1 heterocycles. The van der Waals surface area contributed by atoms with Crippen LogP contribution in [0.5, 0.6) is 17.2 Å². The lowest BCUT2D eigenvalue weighted by Crippen LogP contribution is -2.09. The Kier molecular flexibility index (Phi) is 7.15. The average Bonchev–Trinajstić information content (AvgIpc) is 3.23. The summed E-state index contributed by atoms with van der Waals surface area (Å²) in [7, 11) is 1.39. The van der Waals surface area contributed by atoms with Crippen LogP contribution in [0.1, 0.15) is 16.7 Å². The van der Waals surface area contributed by atoms with Crippen molar-refractivity contribution < 1.29 is 23.7 Å². The molecule has 0 amide bonds. The van der Waals surface area contributed by atoms with E-state index in [1.807, 2.05) is 48.7 Å². The van der Waals surface area contributed by atoms with Crippen molar-refractivity contribution in [3.63, 3.8) is 0 Å². The number of H-pyrrole nitrogens is 1. The van der Waals surface area contributed by atoms with Gasteiger partial charge in [-0.25, -0.2) is 0 Å². The van der Waals surface area contributed by atoms with Crippen LogP contribution in [0.15, 0.2) is 72.9 Å². The van der Waals surface area contributed by atoms with E-state index in [1.54, 1.807) is 0 Å². The summed E-state index contributed by atoms with van der Waals surface area (Å²) < 4.78 is 22.3. The Morgan fingerprint density at radius 2 is 1.55 bits per heavy atom. The standard InChI is InChI=1S/C27H27NO5/c1-19-6-8-20(9-7-19)18-33-23-5-3-4-22(15-23)31-12-13-32-24-10-11-26-25(16-24)21(17-28-26)14-27(29)30-2/h3-11,15-17,28H,12-14,18H2,1-2H3. The molecule has 6 heteroatoms. The van der Waals surface area contributed by atoms with Crippen molar-refractivity contribution in [2.75, 3.05) is 20.3 Å². The summed E-state index contributed by atoms with van der Waals surface area (Å²) in [4.78, 5) is 14.8. The third-order valence-electron chi connectivity index (χ3n) is 5.25. The fraction of sp³-hybridized carbons (Fsp3) is 0.222.